The first-order valence-electron chi connectivity index (χ1n) is 6.83. The van der Waals surface area contributed by atoms with Crippen LogP contribution in [-0.4, -0.2) is 30.4 Å². The fourth-order valence-corrected chi connectivity index (χ4v) is 3.62. The summed E-state index contributed by atoms with van der Waals surface area (Å²) in [6.07, 6.45) is 3.29. The van der Waals surface area contributed by atoms with Gasteiger partial charge in [-0.1, -0.05) is 30.3 Å². The molecule has 1 N–H and O–H groups in total. The first-order chi connectivity index (χ1) is 8.86. The summed E-state index contributed by atoms with van der Waals surface area (Å²) in [7, 11) is 0. The number of benzene rings is 1. The van der Waals surface area contributed by atoms with Crippen LogP contribution in [0, 0.1) is 11.8 Å². The van der Waals surface area contributed by atoms with Crippen LogP contribution in [0.15, 0.2) is 30.3 Å². The highest BCUT2D eigenvalue weighted by Gasteiger charge is 2.42. The number of carbonyl (C=O) groups is 1. The van der Waals surface area contributed by atoms with Crippen LogP contribution in [-0.2, 0) is 11.3 Å². The van der Waals surface area contributed by atoms with Crippen LogP contribution in [0.4, 0.5) is 0 Å². The lowest BCUT2D eigenvalue weighted by Gasteiger charge is -2.20. The Morgan fingerprint density at radius 2 is 2.06 bits per heavy atom. The molecule has 96 valence electrons. The number of nitrogens with one attached hydrogen (secondary N) is 1. The van der Waals surface area contributed by atoms with Gasteiger partial charge >= 0.3 is 0 Å². The van der Waals surface area contributed by atoms with E-state index in [1.165, 1.54) is 18.5 Å². The predicted molar refractivity (Wildman–Crippen MR) is 70.9 cm³/mol. The zero-order valence-electron chi connectivity index (χ0n) is 10.6. The Balaban J connectivity index is 1.60. The molecule has 3 unspecified atom stereocenters. The molecule has 0 spiro atoms. The summed E-state index contributed by atoms with van der Waals surface area (Å²) in [5.41, 5.74) is 1.39. The van der Waals surface area contributed by atoms with Crippen molar-refractivity contribution in [3.8, 4) is 0 Å². The van der Waals surface area contributed by atoms with Crippen molar-refractivity contribution in [2.45, 2.75) is 25.4 Å². The third kappa shape index (κ3) is 2.27. The van der Waals surface area contributed by atoms with Crippen LogP contribution >= 0.6 is 0 Å². The number of hydrogen-bond acceptors (Lipinski definition) is 2. The molecule has 1 aromatic rings. The topological polar surface area (TPSA) is 32.3 Å². The van der Waals surface area contributed by atoms with E-state index in [2.05, 4.69) is 40.5 Å². The summed E-state index contributed by atoms with van der Waals surface area (Å²) in [6.45, 7) is 3.36. The number of hydrogen-bond donors (Lipinski definition) is 1. The molecule has 0 radical (unpaired) electrons. The van der Waals surface area contributed by atoms with Crippen LogP contribution in [0.2, 0.25) is 0 Å². The van der Waals surface area contributed by atoms with E-state index in [0.29, 0.717) is 12.0 Å². The SMILES string of the molecule is O=CNC1CCC2CN(Cc3ccccc3)CC21. The summed E-state index contributed by atoms with van der Waals surface area (Å²) >= 11 is 0. The smallest absolute Gasteiger partial charge is 0.207 e. The predicted octanol–water partition coefficient (Wildman–Crippen LogP) is 1.64. The average molecular weight is 244 g/mol. The van der Waals surface area contributed by atoms with E-state index in [1.54, 1.807) is 0 Å². The molecule has 0 bridgehead atoms. The molecule has 1 heterocycles. The molecule has 3 rings (SSSR count). The van der Waals surface area contributed by atoms with Crippen molar-refractivity contribution in [3.63, 3.8) is 0 Å². The minimum atomic E-state index is 0.410. The molecule has 1 saturated carbocycles. The van der Waals surface area contributed by atoms with E-state index in [1.807, 2.05) is 0 Å². The van der Waals surface area contributed by atoms with Gasteiger partial charge < -0.3 is 5.32 Å². The van der Waals surface area contributed by atoms with Gasteiger partial charge in [0.1, 0.15) is 0 Å². The number of likely N-dealkylation sites (tertiary alicyclic amines) is 1. The number of fused-ring (bicyclic) bond motifs is 1. The van der Waals surface area contributed by atoms with Gasteiger partial charge in [0.2, 0.25) is 6.41 Å². The van der Waals surface area contributed by atoms with E-state index in [-0.39, 0.29) is 0 Å². The highest BCUT2D eigenvalue weighted by Crippen LogP contribution is 2.38. The lowest BCUT2D eigenvalue weighted by atomic mass is 9.98. The van der Waals surface area contributed by atoms with Crippen LogP contribution in [0.1, 0.15) is 18.4 Å². The summed E-state index contributed by atoms with van der Waals surface area (Å²) in [5, 5.41) is 2.99. The summed E-state index contributed by atoms with van der Waals surface area (Å²) in [6, 6.07) is 11.1. The van der Waals surface area contributed by atoms with Crippen molar-refractivity contribution in [2.24, 2.45) is 11.8 Å². The fraction of sp³-hybridized carbons (Fsp3) is 0.533. The standard InChI is InChI=1S/C15H20N2O/c18-11-16-15-7-6-13-9-17(10-14(13)15)8-12-4-2-1-3-5-12/h1-5,11,13-15H,6-10H2,(H,16,18). The van der Waals surface area contributed by atoms with Gasteiger partial charge in [-0.05, 0) is 30.2 Å². The van der Waals surface area contributed by atoms with Gasteiger partial charge in [-0.15, -0.1) is 0 Å². The second kappa shape index (κ2) is 5.11. The zero-order chi connectivity index (χ0) is 12.4. The van der Waals surface area contributed by atoms with E-state index >= 15 is 0 Å². The van der Waals surface area contributed by atoms with Gasteiger partial charge in [-0.2, -0.15) is 0 Å². The van der Waals surface area contributed by atoms with Crippen molar-refractivity contribution in [1.29, 1.82) is 0 Å². The number of nitrogens with zero attached hydrogens (tertiary/aromatic N) is 1. The molecule has 1 saturated heterocycles. The molecular weight excluding hydrogens is 224 g/mol. The quantitative estimate of drug-likeness (QED) is 0.817. The Kier molecular flexibility index (Phi) is 3.33. The first-order valence-corrected chi connectivity index (χ1v) is 6.83. The normalized spacial score (nSPS) is 31.2. The van der Waals surface area contributed by atoms with Gasteiger partial charge in [0.15, 0.2) is 0 Å². The first kappa shape index (κ1) is 11.7. The van der Waals surface area contributed by atoms with Gasteiger partial charge in [-0.3, -0.25) is 9.69 Å². The number of carbonyl (C=O) groups excluding carboxylic acids is 1. The Labute approximate surface area is 108 Å². The number of rotatable bonds is 4. The average Bonchev–Trinajstić information content (AvgIpc) is 2.93. The maximum Gasteiger partial charge on any atom is 0.207 e. The monoisotopic (exact) mass is 244 g/mol. The molecule has 3 atom stereocenters. The Morgan fingerprint density at radius 3 is 2.83 bits per heavy atom. The van der Waals surface area contributed by atoms with E-state index in [0.717, 1.165) is 31.8 Å². The Bertz CT molecular complexity index is 406. The summed E-state index contributed by atoms with van der Waals surface area (Å²) in [5.74, 6) is 1.45. The number of amides is 1. The lowest BCUT2D eigenvalue weighted by Crippen LogP contribution is -2.34. The van der Waals surface area contributed by atoms with E-state index in [9.17, 15) is 4.79 Å². The second-order valence-electron chi connectivity index (χ2n) is 5.57. The van der Waals surface area contributed by atoms with Gasteiger partial charge in [0.25, 0.3) is 0 Å². The molecule has 18 heavy (non-hydrogen) atoms. The van der Waals surface area contributed by atoms with Crippen molar-refractivity contribution >= 4 is 6.41 Å². The van der Waals surface area contributed by atoms with Crippen LogP contribution < -0.4 is 5.32 Å². The molecule has 2 aliphatic rings. The zero-order valence-corrected chi connectivity index (χ0v) is 10.6. The molecular formula is C15H20N2O. The van der Waals surface area contributed by atoms with Crippen molar-refractivity contribution in [1.82, 2.24) is 10.2 Å². The molecule has 1 aliphatic carbocycles. The molecule has 2 fully saturated rings. The molecule has 0 aromatic heterocycles. The highest BCUT2D eigenvalue weighted by atomic mass is 16.1. The summed E-state index contributed by atoms with van der Waals surface area (Å²) in [4.78, 5) is 13.1. The minimum Gasteiger partial charge on any atom is -0.356 e. The van der Waals surface area contributed by atoms with Crippen molar-refractivity contribution < 1.29 is 4.79 Å². The Morgan fingerprint density at radius 1 is 1.22 bits per heavy atom. The minimum absolute atomic E-state index is 0.410. The molecule has 1 amide bonds. The molecule has 1 aromatic carbocycles. The third-order valence-corrected chi connectivity index (χ3v) is 4.46. The second-order valence-corrected chi connectivity index (χ2v) is 5.57. The maximum atomic E-state index is 10.6. The van der Waals surface area contributed by atoms with Gasteiger partial charge in [0.05, 0.1) is 0 Å². The molecule has 3 heteroatoms. The fourth-order valence-electron chi connectivity index (χ4n) is 3.62. The lowest BCUT2D eigenvalue weighted by molar-refractivity contribution is -0.110. The largest absolute Gasteiger partial charge is 0.356 e. The Hall–Kier alpha value is -1.35. The highest BCUT2D eigenvalue weighted by molar-refractivity contribution is 5.47. The van der Waals surface area contributed by atoms with Crippen LogP contribution in [0.3, 0.4) is 0 Å². The van der Waals surface area contributed by atoms with Crippen molar-refractivity contribution in [3.05, 3.63) is 35.9 Å². The molecule has 3 nitrogen and oxygen atoms in total. The van der Waals surface area contributed by atoms with Crippen LogP contribution in [0.25, 0.3) is 0 Å². The molecule has 1 aliphatic heterocycles. The van der Waals surface area contributed by atoms with Gasteiger partial charge in [0, 0.05) is 25.7 Å². The van der Waals surface area contributed by atoms with Crippen LogP contribution in [0.5, 0.6) is 0 Å². The maximum absolute atomic E-state index is 10.6. The summed E-state index contributed by atoms with van der Waals surface area (Å²) < 4.78 is 0. The third-order valence-electron chi connectivity index (χ3n) is 4.46. The van der Waals surface area contributed by atoms with E-state index < -0.39 is 0 Å². The van der Waals surface area contributed by atoms with Gasteiger partial charge in [-0.25, -0.2) is 0 Å². The van der Waals surface area contributed by atoms with E-state index in [4.69, 9.17) is 0 Å². The van der Waals surface area contributed by atoms with Crippen molar-refractivity contribution in [2.75, 3.05) is 13.1 Å².